The SMILES string of the molecule is CCNC(=NCc1ncc(-c2ccccc2)[nH]1)N1CCCC(C(=O)OCC)C1.I. The number of esters is 1. The molecule has 0 bridgehead atoms. The van der Waals surface area contributed by atoms with Crippen LogP contribution in [0, 0.1) is 5.92 Å². The van der Waals surface area contributed by atoms with Gasteiger partial charge in [-0.05, 0) is 32.3 Å². The van der Waals surface area contributed by atoms with Gasteiger partial charge in [0, 0.05) is 19.6 Å². The Bertz CT molecular complexity index is 793. The molecule has 0 saturated carbocycles. The van der Waals surface area contributed by atoms with Crippen molar-refractivity contribution in [3.05, 3.63) is 42.4 Å². The van der Waals surface area contributed by atoms with E-state index >= 15 is 0 Å². The van der Waals surface area contributed by atoms with Gasteiger partial charge >= 0.3 is 5.97 Å². The fraction of sp³-hybridized carbons (Fsp3) is 0.476. The van der Waals surface area contributed by atoms with Crippen molar-refractivity contribution in [3.8, 4) is 11.3 Å². The number of aromatic amines is 1. The van der Waals surface area contributed by atoms with E-state index in [1.165, 1.54) is 0 Å². The fourth-order valence-corrected chi connectivity index (χ4v) is 3.40. The number of aliphatic imine (C=N–C) groups is 1. The van der Waals surface area contributed by atoms with Gasteiger partial charge in [0.25, 0.3) is 0 Å². The van der Waals surface area contributed by atoms with E-state index in [4.69, 9.17) is 9.73 Å². The van der Waals surface area contributed by atoms with Crippen LogP contribution in [-0.2, 0) is 16.1 Å². The molecular formula is C21H30IN5O2. The molecule has 2 N–H and O–H groups in total. The number of imidazole rings is 1. The maximum Gasteiger partial charge on any atom is 0.310 e. The summed E-state index contributed by atoms with van der Waals surface area (Å²) in [7, 11) is 0. The molecule has 0 spiro atoms. The number of piperidine rings is 1. The van der Waals surface area contributed by atoms with Crippen LogP contribution in [0.5, 0.6) is 0 Å². The van der Waals surface area contributed by atoms with Crippen LogP contribution in [-0.4, -0.2) is 53.0 Å². The van der Waals surface area contributed by atoms with Crippen molar-refractivity contribution in [2.45, 2.75) is 33.2 Å². The van der Waals surface area contributed by atoms with Crippen molar-refractivity contribution < 1.29 is 9.53 Å². The number of nitrogens with one attached hydrogen (secondary N) is 2. The third-order valence-corrected chi connectivity index (χ3v) is 4.77. The van der Waals surface area contributed by atoms with Gasteiger partial charge in [-0.25, -0.2) is 9.98 Å². The Hall–Kier alpha value is -2.10. The molecule has 1 unspecified atom stereocenters. The van der Waals surface area contributed by atoms with E-state index in [1.807, 2.05) is 50.4 Å². The van der Waals surface area contributed by atoms with Gasteiger partial charge in [0.2, 0.25) is 0 Å². The minimum absolute atomic E-state index is 0. The summed E-state index contributed by atoms with van der Waals surface area (Å²) in [6.45, 7) is 7.06. The number of rotatable bonds is 6. The molecule has 2 aromatic rings. The summed E-state index contributed by atoms with van der Waals surface area (Å²) in [5, 5.41) is 3.33. The molecule has 1 fully saturated rings. The summed E-state index contributed by atoms with van der Waals surface area (Å²) in [4.78, 5) is 26.8. The van der Waals surface area contributed by atoms with E-state index in [9.17, 15) is 4.79 Å². The molecule has 1 aromatic heterocycles. The van der Waals surface area contributed by atoms with Crippen LogP contribution in [0.3, 0.4) is 0 Å². The van der Waals surface area contributed by atoms with Gasteiger partial charge in [-0.2, -0.15) is 0 Å². The number of benzene rings is 1. The van der Waals surface area contributed by atoms with Crippen LogP contribution in [0.2, 0.25) is 0 Å². The van der Waals surface area contributed by atoms with Crippen molar-refractivity contribution in [1.82, 2.24) is 20.2 Å². The Balaban J connectivity index is 0.00000300. The number of halogens is 1. The predicted octanol–water partition coefficient (Wildman–Crippen LogP) is 3.44. The first kappa shape index (κ1) is 23.2. The van der Waals surface area contributed by atoms with Gasteiger partial charge in [0.05, 0.1) is 24.4 Å². The largest absolute Gasteiger partial charge is 0.466 e. The molecule has 1 saturated heterocycles. The van der Waals surface area contributed by atoms with E-state index in [2.05, 4.69) is 20.2 Å². The average molecular weight is 511 g/mol. The molecule has 2 heterocycles. The molecule has 0 radical (unpaired) electrons. The Morgan fingerprint density at radius 2 is 2.14 bits per heavy atom. The lowest BCUT2D eigenvalue weighted by atomic mass is 9.98. The highest BCUT2D eigenvalue weighted by atomic mass is 127. The van der Waals surface area contributed by atoms with Gasteiger partial charge in [0.15, 0.2) is 5.96 Å². The third-order valence-electron chi connectivity index (χ3n) is 4.77. The second kappa shape index (κ2) is 11.8. The van der Waals surface area contributed by atoms with Crippen molar-refractivity contribution in [2.24, 2.45) is 10.9 Å². The molecule has 1 atom stereocenters. The van der Waals surface area contributed by atoms with E-state index in [0.717, 1.165) is 49.0 Å². The van der Waals surface area contributed by atoms with Gasteiger partial charge in [0.1, 0.15) is 12.4 Å². The van der Waals surface area contributed by atoms with Crippen molar-refractivity contribution in [1.29, 1.82) is 0 Å². The second-order valence-corrected chi connectivity index (χ2v) is 6.82. The van der Waals surface area contributed by atoms with Crippen LogP contribution in [0.1, 0.15) is 32.5 Å². The van der Waals surface area contributed by atoms with Crippen LogP contribution < -0.4 is 5.32 Å². The first-order chi connectivity index (χ1) is 13.7. The van der Waals surface area contributed by atoms with Gasteiger partial charge in [-0.1, -0.05) is 30.3 Å². The van der Waals surface area contributed by atoms with E-state index in [-0.39, 0.29) is 35.9 Å². The Morgan fingerprint density at radius 3 is 2.86 bits per heavy atom. The number of carbonyl (C=O) groups excluding carboxylic acids is 1. The molecular weight excluding hydrogens is 481 g/mol. The standard InChI is InChI=1S/C21H29N5O2.HI/c1-3-22-21(26-12-8-11-17(15-26)20(27)28-4-2)24-14-19-23-13-18(25-19)16-9-6-5-7-10-16;/h5-7,9-10,13,17H,3-4,8,11-12,14-15H2,1-2H3,(H,22,24)(H,23,25);1H. The Kier molecular flexibility index (Phi) is 9.43. The number of likely N-dealkylation sites (tertiary alicyclic amines) is 1. The van der Waals surface area contributed by atoms with Crippen molar-refractivity contribution in [2.75, 3.05) is 26.2 Å². The zero-order valence-electron chi connectivity index (χ0n) is 17.1. The molecule has 158 valence electrons. The molecule has 29 heavy (non-hydrogen) atoms. The number of aromatic nitrogens is 2. The highest BCUT2D eigenvalue weighted by Gasteiger charge is 2.28. The van der Waals surface area contributed by atoms with Gasteiger partial charge < -0.3 is 19.9 Å². The number of ether oxygens (including phenoxy) is 1. The maximum absolute atomic E-state index is 12.1. The topological polar surface area (TPSA) is 82.6 Å². The zero-order chi connectivity index (χ0) is 19.8. The van der Waals surface area contributed by atoms with Gasteiger partial charge in [-0.15, -0.1) is 24.0 Å². The number of hydrogen-bond donors (Lipinski definition) is 2. The summed E-state index contributed by atoms with van der Waals surface area (Å²) in [6, 6.07) is 10.1. The van der Waals surface area contributed by atoms with E-state index < -0.39 is 0 Å². The summed E-state index contributed by atoms with van der Waals surface area (Å²) in [5.41, 5.74) is 2.08. The molecule has 8 heteroatoms. The minimum atomic E-state index is -0.110. The summed E-state index contributed by atoms with van der Waals surface area (Å²) in [5.74, 6) is 1.43. The average Bonchev–Trinajstić information content (AvgIpc) is 3.21. The van der Waals surface area contributed by atoms with E-state index in [1.54, 1.807) is 0 Å². The molecule has 1 aromatic carbocycles. The zero-order valence-corrected chi connectivity index (χ0v) is 19.4. The van der Waals surface area contributed by atoms with Crippen molar-refractivity contribution in [3.63, 3.8) is 0 Å². The quantitative estimate of drug-likeness (QED) is 0.269. The maximum atomic E-state index is 12.1. The Morgan fingerprint density at radius 1 is 1.34 bits per heavy atom. The number of hydrogen-bond acceptors (Lipinski definition) is 4. The van der Waals surface area contributed by atoms with Crippen LogP contribution in [0.15, 0.2) is 41.5 Å². The Labute approximate surface area is 189 Å². The van der Waals surface area contributed by atoms with E-state index in [0.29, 0.717) is 19.7 Å². The molecule has 1 aliphatic heterocycles. The molecule has 1 aliphatic rings. The lowest BCUT2D eigenvalue weighted by Crippen LogP contribution is -2.48. The first-order valence-electron chi connectivity index (χ1n) is 10.0. The fourth-order valence-electron chi connectivity index (χ4n) is 3.40. The third kappa shape index (κ3) is 6.45. The lowest BCUT2D eigenvalue weighted by molar-refractivity contribution is -0.149. The second-order valence-electron chi connectivity index (χ2n) is 6.82. The molecule has 0 aliphatic carbocycles. The molecule has 0 amide bonds. The van der Waals surface area contributed by atoms with Crippen LogP contribution >= 0.6 is 24.0 Å². The summed E-state index contributed by atoms with van der Waals surface area (Å²) < 4.78 is 5.20. The number of H-pyrrole nitrogens is 1. The molecule has 3 rings (SSSR count). The smallest absolute Gasteiger partial charge is 0.310 e. The minimum Gasteiger partial charge on any atom is -0.466 e. The lowest BCUT2D eigenvalue weighted by Gasteiger charge is -2.33. The normalized spacial score (nSPS) is 16.8. The van der Waals surface area contributed by atoms with Gasteiger partial charge in [-0.3, -0.25) is 4.79 Å². The highest BCUT2D eigenvalue weighted by molar-refractivity contribution is 14.0. The van der Waals surface area contributed by atoms with Crippen LogP contribution in [0.25, 0.3) is 11.3 Å². The number of guanidine groups is 1. The number of nitrogens with zero attached hydrogens (tertiary/aromatic N) is 3. The van der Waals surface area contributed by atoms with Crippen LogP contribution in [0.4, 0.5) is 0 Å². The summed E-state index contributed by atoms with van der Waals surface area (Å²) >= 11 is 0. The van der Waals surface area contributed by atoms with Crippen molar-refractivity contribution >= 4 is 35.9 Å². The monoisotopic (exact) mass is 511 g/mol. The first-order valence-corrected chi connectivity index (χ1v) is 10.0. The number of carbonyl (C=O) groups is 1. The summed E-state index contributed by atoms with van der Waals surface area (Å²) in [6.07, 6.45) is 3.66. The molecule has 7 nitrogen and oxygen atoms in total. The predicted molar refractivity (Wildman–Crippen MR) is 125 cm³/mol. The highest BCUT2D eigenvalue weighted by Crippen LogP contribution is 2.19.